The van der Waals surface area contributed by atoms with Crippen LogP contribution in [0.5, 0.6) is 0 Å². The van der Waals surface area contributed by atoms with Gasteiger partial charge in [-0.2, -0.15) is 0 Å². The molecule has 0 fully saturated rings. The van der Waals surface area contributed by atoms with E-state index in [1.54, 1.807) is 11.9 Å². The van der Waals surface area contributed by atoms with Crippen LogP contribution in [0.2, 0.25) is 0 Å². The molecular formula is C9H12N2O3S. The molecule has 1 heterocycles. The van der Waals surface area contributed by atoms with E-state index >= 15 is 0 Å². The maximum absolute atomic E-state index is 11.2. The minimum atomic E-state index is -1.16. The molecular weight excluding hydrogens is 216 g/mol. The van der Waals surface area contributed by atoms with Gasteiger partial charge in [-0.1, -0.05) is 11.3 Å². The van der Waals surface area contributed by atoms with Gasteiger partial charge < -0.3 is 10.0 Å². The Labute approximate surface area is 91.4 Å². The molecule has 6 heteroatoms. The van der Waals surface area contributed by atoms with Crippen molar-refractivity contribution < 1.29 is 14.7 Å². The molecule has 1 aromatic heterocycles. The average Bonchev–Trinajstić information content (AvgIpc) is 2.61. The molecule has 15 heavy (non-hydrogen) atoms. The lowest BCUT2D eigenvalue weighted by atomic mass is 10.3. The van der Waals surface area contributed by atoms with E-state index in [1.807, 2.05) is 6.92 Å². The van der Waals surface area contributed by atoms with Crippen molar-refractivity contribution in [3.8, 4) is 0 Å². The van der Waals surface area contributed by atoms with E-state index in [-0.39, 0.29) is 16.4 Å². The third kappa shape index (κ3) is 2.33. The van der Waals surface area contributed by atoms with E-state index in [0.29, 0.717) is 11.7 Å². The number of ketones is 1. The smallest absolute Gasteiger partial charge is 0.356 e. The maximum atomic E-state index is 11.2. The highest BCUT2D eigenvalue weighted by Gasteiger charge is 2.21. The number of carboxylic acid groups (broad SMARTS) is 1. The summed E-state index contributed by atoms with van der Waals surface area (Å²) in [7, 11) is 1.80. The van der Waals surface area contributed by atoms with Crippen molar-refractivity contribution in [2.24, 2.45) is 0 Å². The molecule has 0 spiro atoms. The molecule has 5 nitrogen and oxygen atoms in total. The number of carboxylic acids is 1. The van der Waals surface area contributed by atoms with Gasteiger partial charge in [0, 0.05) is 20.5 Å². The summed E-state index contributed by atoms with van der Waals surface area (Å²) >= 11 is 1.11. The van der Waals surface area contributed by atoms with Crippen molar-refractivity contribution in [1.82, 2.24) is 4.98 Å². The monoisotopic (exact) mass is 228 g/mol. The Kier molecular flexibility index (Phi) is 3.41. The van der Waals surface area contributed by atoms with Crippen molar-refractivity contribution in [2.45, 2.75) is 13.8 Å². The van der Waals surface area contributed by atoms with Gasteiger partial charge in [-0.3, -0.25) is 4.79 Å². The van der Waals surface area contributed by atoms with Gasteiger partial charge in [0.25, 0.3) is 0 Å². The fourth-order valence-corrected chi connectivity index (χ4v) is 1.97. The minimum Gasteiger partial charge on any atom is -0.476 e. The Hall–Kier alpha value is -1.43. The van der Waals surface area contributed by atoms with Crippen LogP contribution in [-0.4, -0.2) is 35.4 Å². The molecule has 0 aliphatic heterocycles. The normalized spacial score (nSPS) is 10.1. The highest BCUT2D eigenvalue weighted by molar-refractivity contribution is 7.17. The van der Waals surface area contributed by atoms with E-state index in [1.165, 1.54) is 6.92 Å². The first-order valence-corrected chi connectivity index (χ1v) is 5.25. The first kappa shape index (κ1) is 11.6. The van der Waals surface area contributed by atoms with Gasteiger partial charge in [0.15, 0.2) is 16.6 Å². The molecule has 0 aromatic carbocycles. The fraction of sp³-hybridized carbons (Fsp3) is 0.444. The predicted octanol–water partition coefficient (Wildman–Crippen LogP) is 1.50. The van der Waals surface area contributed by atoms with E-state index in [2.05, 4.69) is 4.98 Å². The van der Waals surface area contributed by atoms with Crippen LogP contribution in [0.25, 0.3) is 0 Å². The van der Waals surface area contributed by atoms with Gasteiger partial charge in [0.2, 0.25) is 0 Å². The van der Waals surface area contributed by atoms with Crippen molar-refractivity contribution in [3.63, 3.8) is 0 Å². The summed E-state index contributed by atoms with van der Waals surface area (Å²) in [6, 6.07) is 0. The summed E-state index contributed by atoms with van der Waals surface area (Å²) in [4.78, 5) is 27.9. The molecule has 1 N–H and O–H groups in total. The second-order valence-electron chi connectivity index (χ2n) is 3.05. The number of nitrogens with zero attached hydrogens (tertiary/aromatic N) is 2. The van der Waals surface area contributed by atoms with Crippen molar-refractivity contribution >= 4 is 28.2 Å². The quantitative estimate of drug-likeness (QED) is 0.791. The SMILES string of the molecule is CCN(C)c1nc(C(=O)O)c(C(C)=O)s1. The van der Waals surface area contributed by atoms with Crippen LogP contribution in [0, 0.1) is 0 Å². The lowest BCUT2D eigenvalue weighted by molar-refractivity contribution is 0.0687. The summed E-state index contributed by atoms with van der Waals surface area (Å²) in [6.45, 7) is 3.98. The van der Waals surface area contributed by atoms with Crippen LogP contribution >= 0.6 is 11.3 Å². The molecule has 0 atom stereocenters. The zero-order valence-corrected chi connectivity index (χ0v) is 9.59. The molecule has 1 rings (SSSR count). The lowest BCUT2D eigenvalue weighted by Gasteiger charge is -2.10. The zero-order chi connectivity index (χ0) is 11.6. The van der Waals surface area contributed by atoms with Crippen molar-refractivity contribution in [1.29, 1.82) is 0 Å². The summed E-state index contributed by atoms with van der Waals surface area (Å²) in [5.41, 5.74) is -0.150. The summed E-state index contributed by atoms with van der Waals surface area (Å²) < 4.78 is 0. The Morgan fingerprint density at radius 1 is 1.53 bits per heavy atom. The van der Waals surface area contributed by atoms with Gasteiger partial charge >= 0.3 is 5.97 Å². The average molecular weight is 228 g/mol. The van der Waals surface area contributed by atoms with Crippen LogP contribution in [0.4, 0.5) is 5.13 Å². The molecule has 0 saturated heterocycles. The molecule has 1 aromatic rings. The molecule has 0 bridgehead atoms. The first-order valence-electron chi connectivity index (χ1n) is 4.43. The third-order valence-corrected chi connectivity index (χ3v) is 3.21. The van der Waals surface area contributed by atoms with Crippen LogP contribution in [0.15, 0.2) is 0 Å². The van der Waals surface area contributed by atoms with Gasteiger partial charge in [-0.25, -0.2) is 9.78 Å². The number of thiazole rings is 1. The minimum absolute atomic E-state index is 0.150. The number of anilines is 1. The molecule has 0 unspecified atom stereocenters. The highest BCUT2D eigenvalue weighted by Crippen LogP contribution is 2.25. The number of hydrogen-bond acceptors (Lipinski definition) is 5. The van der Waals surface area contributed by atoms with Gasteiger partial charge in [-0.05, 0) is 6.92 Å². The van der Waals surface area contributed by atoms with Crippen LogP contribution in [0.3, 0.4) is 0 Å². The molecule has 0 saturated carbocycles. The standard InChI is InChI=1S/C9H12N2O3S/c1-4-11(3)9-10-6(8(13)14)7(15-9)5(2)12/h4H2,1-3H3,(H,13,14). The summed E-state index contributed by atoms with van der Waals surface area (Å²) in [6.07, 6.45) is 0. The topological polar surface area (TPSA) is 70.5 Å². The maximum Gasteiger partial charge on any atom is 0.356 e. The number of rotatable bonds is 4. The highest BCUT2D eigenvalue weighted by atomic mass is 32.1. The van der Waals surface area contributed by atoms with Crippen LogP contribution < -0.4 is 4.90 Å². The molecule has 0 amide bonds. The molecule has 0 radical (unpaired) electrons. The van der Waals surface area contributed by atoms with Gasteiger partial charge in [0.05, 0.1) is 0 Å². The fourth-order valence-electron chi connectivity index (χ4n) is 0.991. The van der Waals surface area contributed by atoms with E-state index in [9.17, 15) is 9.59 Å². The van der Waals surface area contributed by atoms with Crippen LogP contribution in [0.1, 0.15) is 34.0 Å². The second-order valence-corrected chi connectivity index (χ2v) is 4.03. The van der Waals surface area contributed by atoms with Gasteiger partial charge in [-0.15, -0.1) is 0 Å². The molecule has 0 aliphatic rings. The number of hydrogen-bond donors (Lipinski definition) is 1. The summed E-state index contributed by atoms with van der Waals surface area (Å²) in [5.74, 6) is -1.42. The zero-order valence-electron chi connectivity index (χ0n) is 8.77. The number of aromatic nitrogens is 1. The van der Waals surface area contributed by atoms with Crippen molar-refractivity contribution in [2.75, 3.05) is 18.5 Å². The predicted molar refractivity (Wildman–Crippen MR) is 58.0 cm³/mol. The Morgan fingerprint density at radius 2 is 2.13 bits per heavy atom. The Balaban J connectivity index is 3.21. The summed E-state index contributed by atoms with van der Waals surface area (Å²) in [5, 5.41) is 9.41. The lowest BCUT2D eigenvalue weighted by Crippen LogP contribution is -2.15. The molecule has 0 aliphatic carbocycles. The van der Waals surface area contributed by atoms with Crippen LogP contribution in [-0.2, 0) is 0 Å². The van der Waals surface area contributed by atoms with E-state index in [4.69, 9.17) is 5.11 Å². The molecule has 82 valence electrons. The third-order valence-electron chi connectivity index (χ3n) is 1.94. The largest absolute Gasteiger partial charge is 0.476 e. The second kappa shape index (κ2) is 4.39. The number of aromatic carboxylic acids is 1. The number of carbonyl (C=O) groups is 2. The Bertz CT molecular complexity index is 369. The van der Waals surface area contributed by atoms with E-state index < -0.39 is 5.97 Å². The van der Waals surface area contributed by atoms with Crippen molar-refractivity contribution in [3.05, 3.63) is 10.6 Å². The van der Waals surface area contributed by atoms with Gasteiger partial charge in [0.1, 0.15) is 4.88 Å². The van der Waals surface area contributed by atoms with E-state index in [0.717, 1.165) is 11.3 Å². The number of Topliss-reactive ketones (excluding diaryl/α,β-unsaturated/α-hetero) is 1. The number of carbonyl (C=O) groups excluding carboxylic acids is 1. The Morgan fingerprint density at radius 3 is 2.47 bits per heavy atom. The first-order chi connectivity index (χ1) is 6.97.